The van der Waals surface area contributed by atoms with Crippen LogP contribution in [0.3, 0.4) is 0 Å². The van der Waals surface area contributed by atoms with Gasteiger partial charge in [0.05, 0.1) is 0 Å². The van der Waals surface area contributed by atoms with E-state index in [1.54, 1.807) is 19.2 Å². The topological polar surface area (TPSA) is 82.1 Å². The molecular weight excluding hydrogens is 377 g/mol. The molecular formula is C17H17ClFN5O3. The molecule has 0 atom stereocenters. The molecule has 0 N–H and O–H groups in total. The van der Waals surface area contributed by atoms with Gasteiger partial charge in [-0.15, -0.1) is 0 Å². The minimum Gasteiger partial charge on any atom is -0.340 e. The van der Waals surface area contributed by atoms with Crippen LogP contribution in [-0.4, -0.2) is 36.5 Å². The number of benzene rings is 1. The maximum absolute atomic E-state index is 13.3. The maximum Gasteiger partial charge on any atom is 0.332 e. The number of likely N-dealkylation sites (N-methyl/N-ethyl adjacent to an activating group) is 1. The van der Waals surface area contributed by atoms with Gasteiger partial charge in [0.2, 0.25) is 11.2 Å². The summed E-state index contributed by atoms with van der Waals surface area (Å²) in [4.78, 5) is 42.5. The van der Waals surface area contributed by atoms with Gasteiger partial charge < -0.3 is 4.90 Å². The lowest BCUT2D eigenvalue weighted by atomic mass is 10.2. The van der Waals surface area contributed by atoms with Crippen molar-refractivity contribution in [3.63, 3.8) is 0 Å². The van der Waals surface area contributed by atoms with Crippen LogP contribution < -0.4 is 11.2 Å². The van der Waals surface area contributed by atoms with Crippen LogP contribution in [0.5, 0.6) is 0 Å². The van der Waals surface area contributed by atoms with E-state index in [1.165, 1.54) is 40.3 Å². The highest BCUT2D eigenvalue weighted by Gasteiger charge is 2.21. The molecule has 8 nitrogen and oxygen atoms in total. The van der Waals surface area contributed by atoms with Crippen molar-refractivity contribution in [3.05, 3.63) is 61.8 Å². The van der Waals surface area contributed by atoms with Crippen molar-refractivity contribution in [2.24, 2.45) is 14.1 Å². The molecule has 0 bridgehead atoms. The lowest BCUT2D eigenvalue weighted by Gasteiger charge is -2.18. The lowest BCUT2D eigenvalue weighted by Crippen LogP contribution is -2.38. The lowest BCUT2D eigenvalue weighted by molar-refractivity contribution is -0.131. The SMILES string of the molecule is CN(Cc1cccc(F)c1)C(=O)Cn1c(Cl)nc2c1c(=O)n(C)c(=O)n2C. The second kappa shape index (κ2) is 6.99. The Bertz CT molecular complexity index is 1160. The molecule has 3 aromatic rings. The number of amides is 1. The standard InChI is InChI=1S/C17H17ClFN5O3/c1-21(8-10-5-4-6-11(19)7-10)12(25)9-24-13-14(20-16(24)18)22(2)17(27)23(3)15(13)26/h4-7H,8-9H2,1-3H3. The van der Waals surface area contributed by atoms with Gasteiger partial charge in [0.25, 0.3) is 5.56 Å². The van der Waals surface area contributed by atoms with Crippen LogP contribution in [0, 0.1) is 5.82 Å². The van der Waals surface area contributed by atoms with Crippen molar-refractivity contribution >= 4 is 28.7 Å². The van der Waals surface area contributed by atoms with Gasteiger partial charge in [-0.25, -0.2) is 9.18 Å². The first-order chi connectivity index (χ1) is 12.7. The second-order valence-electron chi connectivity index (χ2n) is 6.22. The fourth-order valence-corrected chi connectivity index (χ4v) is 3.04. The number of carbonyl (C=O) groups excluding carboxylic acids is 1. The van der Waals surface area contributed by atoms with Crippen LogP contribution in [-0.2, 0) is 32.0 Å². The molecule has 2 aromatic heterocycles. The first-order valence-electron chi connectivity index (χ1n) is 8.01. The van der Waals surface area contributed by atoms with Crippen molar-refractivity contribution in [1.82, 2.24) is 23.6 Å². The Balaban J connectivity index is 1.94. The highest BCUT2D eigenvalue weighted by atomic mass is 35.5. The molecule has 2 heterocycles. The van der Waals surface area contributed by atoms with E-state index in [-0.39, 0.29) is 41.3 Å². The van der Waals surface area contributed by atoms with Crippen molar-refractivity contribution < 1.29 is 9.18 Å². The van der Waals surface area contributed by atoms with Crippen LogP contribution in [0.1, 0.15) is 5.56 Å². The van der Waals surface area contributed by atoms with Gasteiger partial charge in [-0.3, -0.25) is 23.3 Å². The Labute approximate surface area is 158 Å². The smallest absolute Gasteiger partial charge is 0.332 e. The number of hydrogen-bond donors (Lipinski definition) is 0. The van der Waals surface area contributed by atoms with Crippen LogP contribution in [0.25, 0.3) is 11.2 Å². The minimum absolute atomic E-state index is 0.0668. The average molecular weight is 394 g/mol. The molecule has 0 unspecified atom stereocenters. The molecule has 0 aliphatic heterocycles. The Morgan fingerprint density at radius 2 is 1.96 bits per heavy atom. The van der Waals surface area contributed by atoms with Crippen LogP contribution in [0.15, 0.2) is 33.9 Å². The monoisotopic (exact) mass is 393 g/mol. The summed E-state index contributed by atoms with van der Waals surface area (Å²) in [6.45, 7) is -0.0497. The van der Waals surface area contributed by atoms with E-state index in [9.17, 15) is 18.8 Å². The molecule has 0 saturated carbocycles. The summed E-state index contributed by atoms with van der Waals surface area (Å²) in [5.41, 5.74) is -0.326. The number of hydrogen-bond acceptors (Lipinski definition) is 4. The van der Waals surface area contributed by atoms with Gasteiger partial charge in [-0.2, -0.15) is 4.98 Å². The summed E-state index contributed by atoms with van der Waals surface area (Å²) in [7, 11) is 4.37. The van der Waals surface area contributed by atoms with Crippen LogP contribution in [0.4, 0.5) is 4.39 Å². The molecule has 1 aromatic carbocycles. The molecule has 142 valence electrons. The molecule has 0 fully saturated rings. The Hall–Kier alpha value is -2.94. The molecule has 0 radical (unpaired) electrons. The minimum atomic E-state index is -0.590. The quantitative estimate of drug-likeness (QED) is 0.616. The molecule has 0 aliphatic carbocycles. The maximum atomic E-state index is 13.3. The number of imidazole rings is 1. The second-order valence-corrected chi connectivity index (χ2v) is 6.56. The normalized spacial score (nSPS) is 11.1. The zero-order valence-corrected chi connectivity index (χ0v) is 15.7. The summed E-state index contributed by atoms with van der Waals surface area (Å²) in [5, 5.41) is -0.0733. The highest BCUT2D eigenvalue weighted by molar-refractivity contribution is 6.29. The van der Waals surface area contributed by atoms with E-state index in [2.05, 4.69) is 4.98 Å². The third-order valence-corrected chi connectivity index (χ3v) is 4.62. The van der Waals surface area contributed by atoms with Crippen molar-refractivity contribution in [1.29, 1.82) is 0 Å². The van der Waals surface area contributed by atoms with Gasteiger partial charge in [0.1, 0.15) is 12.4 Å². The van der Waals surface area contributed by atoms with E-state index in [0.717, 1.165) is 4.57 Å². The van der Waals surface area contributed by atoms with Gasteiger partial charge in [-0.1, -0.05) is 12.1 Å². The predicted molar refractivity (Wildman–Crippen MR) is 98.1 cm³/mol. The highest BCUT2D eigenvalue weighted by Crippen LogP contribution is 2.16. The largest absolute Gasteiger partial charge is 0.340 e. The molecule has 10 heteroatoms. The summed E-state index contributed by atoms with van der Waals surface area (Å²) in [6.07, 6.45) is 0. The van der Waals surface area contributed by atoms with Gasteiger partial charge in [-0.05, 0) is 29.3 Å². The zero-order chi connectivity index (χ0) is 19.9. The van der Waals surface area contributed by atoms with Crippen molar-refractivity contribution in [3.8, 4) is 0 Å². The number of fused-ring (bicyclic) bond motifs is 1. The summed E-state index contributed by atoms with van der Waals surface area (Å²) < 4.78 is 16.7. The third-order valence-electron chi connectivity index (χ3n) is 4.33. The molecule has 3 rings (SSSR count). The van der Waals surface area contributed by atoms with Crippen molar-refractivity contribution in [2.45, 2.75) is 13.1 Å². The molecule has 1 amide bonds. The average Bonchev–Trinajstić information content (AvgIpc) is 2.94. The van der Waals surface area contributed by atoms with E-state index in [0.29, 0.717) is 5.56 Å². The van der Waals surface area contributed by atoms with Crippen LogP contribution in [0.2, 0.25) is 5.28 Å². The Morgan fingerprint density at radius 1 is 1.26 bits per heavy atom. The number of halogens is 2. The number of aromatic nitrogens is 4. The fourth-order valence-electron chi connectivity index (χ4n) is 2.82. The van der Waals surface area contributed by atoms with E-state index in [4.69, 9.17) is 11.6 Å². The predicted octanol–water partition coefficient (Wildman–Crippen LogP) is 0.885. The molecule has 0 saturated heterocycles. The fraction of sp³-hybridized carbons (Fsp3) is 0.294. The first-order valence-corrected chi connectivity index (χ1v) is 8.38. The number of nitrogens with zero attached hydrogens (tertiary/aromatic N) is 5. The molecule has 0 spiro atoms. The molecule has 27 heavy (non-hydrogen) atoms. The summed E-state index contributed by atoms with van der Waals surface area (Å²) >= 11 is 6.11. The van der Waals surface area contributed by atoms with Gasteiger partial charge in [0.15, 0.2) is 11.2 Å². The van der Waals surface area contributed by atoms with Gasteiger partial charge >= 0.3 is 5.69 Å². The Kier molecular flexibility index (Phi) is 4.88. The number of aryl methyl sites for hydroxylation is 1. The van der Waals surface area contributed by atoms with Crippen molar-refractivity contribution in [2.75, 3.05) is 7.05 Å². The van der Waals surface area contributed by atoms with Gasteiger partial charge in [0, 0.05) is 27.7 Å². The third kappa shape index (κ3) is 3.37. The summed E-state index contributed by atoms with van der Waals surface area (Å²) in [6, 6.07) is 5.93. The molecule has 0 aliphatic rings. The van der Waals surface area contributed by atoms with E-state index >= 15 is 0 Å². The summed E-state index contributed by atoms with van der Waals surface area (Å²) in [5.74, 6) is -0.738. The first kappa shape index (κ1) is 18.8. The zero-order valence-electron chi connectivity index (χ0n) is 14.9. The number of carbonyl (C=O) groups is 1. The van der Waals surface area contributed by atoms with E-state index in [1.807, 2.05) is 0 Å². The Morgan fingerprint density at radius 3 is 2.63 bits per heavy atom. The number of rotatable bonds is 4. The van der Waals surface area contributed by atoms with Crippen LogP contribution >= 0.6 is 11.6 Å². The van der Waals surface area contributed by atoms with E-state index < -0.39 is 11.2 Å².